The average Bonchev–Trinajstić information content (AvgIpc) is 3.32. The van der Waals surface area contributed by atoms with Crippen molar-refractivity contribution in [2.45, 2.75) is 72.3 Å². The molecule has 1 N–H and O–H groups in total. The number of carbonyl (C=O) groups is 5. The summed E-state index contributed by atoms with van der Waals surface area (Å²) >= 11 is 7.01. The molecule has 13 nitrogen and oxygen atoms in total. The second kappa shape index (κ2) is 27.4. The van der Waals surface area contributed by atoms with E-state index in [1.165, 1.54) is 23.5 Å². The lowest BCUT2D eigenvalue weighted by molar-refractivity contribution is -0.164. The van der Waals surface area contributed by atoms with Gasteiger partial charge in [-0.05, 0) is 99.2 Å². The Kier molecular flexibility index (Phi) is 22.8. The van der Waals surface area contributed by atoms with Gasteiger partial charge in [0.1, 0.15) is 19.8 Å². The maximum absolute atomic E-state index is 14.0. The molecule has 0 saturated heterocycles. The van der Waals surface area contributed by atoms with Crippen LogP contribution in [0.4, 0.5) is 0 Å². The molecule has 4 aromatic carbocycles. The maximum Gasteiger partial charge on any atom is 0.306 e. The quantitative estimate of drug-likeness (QED) is 0.0172. The number of hydrogen-bond donors (Lipinski definition) is 2. The summed E-state index contributed by atoms with van der Waals surface area (Å²) in [4.78, 5) is 65.7. The SMILES string of the molecule is CCOP(=O)(C(=O)c1c(C)cc(CSCCC(=O)OCC(CO)(COC(=O)CCS)COC(=O)CCSCc2cc(C)c(C(=O)P(=O)(OCC)c3ccccc3)c(C)c2)cc1C)c1ccccc1. The van der Waals surface area contributed by atoms with E-state index in [0.29, 0.717) is 67.0 Å². The van der Waals surface area contributed by atoms with Gasteiger partial charge in [-0.2, -0.15) is 36.2 Å². The summed E-state index contributed by atoms with van der Waals surface area (Å²) in [6.45, 7) is 9.03. The van der Waals surface area contributed by atoms with Gasteiger partial charge in [0.2, 0.25) is 0 Å². The number of hydrogen-bond acceptors (Lipinski definition) is 16. The molecule has 0 radical (unpaired) electrons. The number of thiol groups is 1. The van der Waals surface area contributed by atoms with Crippen LogP contribution in [0.2, 0.25) is 0 Å². The monoisotopic (exact) mass is 1030 g/mol. The molecule has 0 spiro atoms. The lowest BCUT2D eigenvalue weighted by Gasteiger charge is -2.30. The Hall–Kier alpha value is -3.98. The van der Waals surface area contributed by atoms with Gasteiger partial charge in [-0.1, -0.05) is 60.7 Å². The second-order valence-electron chi connectivity index (χ2n) is 16.1. The van der Waals surface area contributed by atoms with Gasteiger partial charge in [-0.25, -0.2) is 0 Å². The van der Waals surface area contributed by atoms with E-state index >= 15 is 0 Å². The number of aryl methyl sites for hydroxylation is 4. The van der Waals surface area contributed by atoms with E-state index in [4.69, 9.17) is 23.3 Å². The standard InChI is InChI=1S/C50H62O13P2S3/c1-7-62-64(57,41-15-11-9-12-16-41)48(55)46-35(3)25-39(26-36(46)4)29-67-23-20-44(53)60-33-50(31-51,32-59-43(52)19-22-66)34-61-45(54)21-24-68-30-40-27-37(5)47(38(6)28-40)49(56)65(58,63-8-2)42-17-13-10-14-18-42/h9-18,25-28,51,66H,7-8,19-24,29-34H2,1-6H3. The third-order valence-electron chi connectivity index (χ3n) is 10.7. The van der Waals surface area contributed by atoms with E-state index in [1.807, 2.05) is 24.3 Å². The molecule has 0 amide bonds. The first kappa shape index (κ1) is 56.6. The van der Waals surface area contributed by atoms with Crippen LogP contribution in [0, 0.1) is 33.1 Å². The fraction of sp³-hybridized carbons (Fsp3) is 0.420. The van der Waals surface area contributed by atoms with E-state index in [1.54, 1.807) is 102 Å². The van der Waals surface area contributed by atoms with Crippen LogP contribution in [0.1, 0.15) is 87.2 Å². The Labute approximate surface area is 413 Å². The second-order valence-corrected chi connectivity index (χ2v) is 23.4. The molecule has 0 bridgehead atoms. The van der Waals surface area contributed by atoms with Crippen molar-refractivity contribution >= 4 is 90.5 Å². The van der Waals surface area contributed by atoms with Crippen LogP contribution in [-0.2, 0) is 58.3 Å². The molecule has 0 fully saturated rings. The molecule has 0 aliphatic heterocycles. The first-order chi connectivity index (χ1) is 32.5. The first-order valence-electron chi connectivity index (χ1n) is 22.2. The molecular formula is C50H62O13P2S3. The predicted molar refractivity (Wildman–Crippen MR) is 274 cm³/mol. The summed E-state index contributed by atoms with van der Waals surface area (Å²) < 4.78 is 55.6. The van der Waals surface area contributed by atoms with Crippen LogP contribution in [0.15, 0.2) is 84.9 Å². The van der Waals surface area contributed by atoms with Crippen molar-refractivity contribution in [1.29, 1.82) is 0 Å². The maximum atomic E-state index is 14.0. The molecule has 2 atom stereocenters. The fourth-order valence-electron chi connectivity index (χ4n) is 7.32. The van der Waals surface area contributed by atoms with E-state index in [2.05, 4.69) is 12.6 Å². The molecule has 4 aromatic rings. The summed E-state index contributed by atoms with van der Waals surface area (Å²) in [5.41, 5.74) is 2.65. The van der Waals surface area contributed by atoms with Gasteiger partial charge in [0.25, 0.3) is 11.0 Å². The smallest absolute Gasteiger partial charge is 0.306 e. The van der Waals surface area contributed by atoms with Gasteiger partial charge >= 0.3 is 32.6 Å². The van der Waals surface area contributed by atoms with Crippen molar-refractivity contribution in [1.82, 2.24) is 0 Å². The highest BCUT2D eigenvalue weighted by Crippen LogP contribution is 2.51. The summed E-state index contributed by atoms with van der Waals surface area (Å²) in [6.07, 6.45) is 0.0512. The molecule has 0 aliphatic rings. The first-order valence-corrected chi connectivity index (χ1v) is 28.4. The van der Waals surface area contributed by atoms with Gasteiger partial charge in [-0.3, -0.25) is 33.1 Å². The zero-order chi connectivity index (χ0) is 49.9. The molecule has 0 aliphatic carbocycles. The van der Waals surface area contributed by atoms with Crippen LogP contribution in [0.3, 0.4) is 0 Å². The van der Waals surface area contributed by atoms with Gasteiger partial charge in [-0.15, -0.1) is 0 Å². The van der Waals surface area contributed by atoms with E-state index < -0.39 is 55.7 Å². The Morgan fingerprint density at radius 1 is 0.574 bits per heavy atom. The molecule has 4 rings (SSSR count). The third-order valence-corrected chi connectivity index (χ3v) is 17.7. The minimum atomic E-state index is -3.85. The molecule has 0 aromatic heterocycles. The Bertz CT molecular complexity index is 2260. The third kappa shape index (κ3) is 15.5. The van der Waals surface area contributed by atoms with Crippen LogP contribution >= 0.6 is 50.9 Å². The highest BCUT2D eigenvalue weighted by Gasteiger charge is 2.39. The zero-order valence-corrected chi connectivity index (χ0v) is 43.8. The van der Waals surface area contributed by atoms with Crippen LogP contribution < -0.4 is 10.6 Å². The summed E-state index contributed by atoms with van der Waals surface area (Å²) in [5.74, 6) is 0.323. The van der Waals surface area contributed by atoms with E-state index in [-0.39, 0.29) is 58.0 Å². The highest BCUT2D eigenvalue weighted by molar-refractivity contribution is 7.98. The highest BCUT2D eigenvalue weighted by atomic mass is 32.2. The van der Waals surface area contributed by atoms with Crippen LogP contribution in [-0.4, -0.2) is 91.0 Å². The Balaban J connectivity index is 1.29. The van der Waals surface area contributed by atoms with Crippen LogP contribution in [0.25, 0.3) is 0 Å². The van der Waals surface area contributed by atoms with Crippen molar-refractivity contribution in [2.75, 3.05) is 56.9 Å². The summed E-state index contributed by atoms with van der Waals surface area (Å²) in [5, 5.41) is 11.2. The minimum absolute atomic E-state index is 0.0122. The van der Waals surface area contributed by atoms with Gasteiger partial charge in [0, 0.05) is 50.5 Å². The van der Waals surface area contributed by atoms with Gasteiger partial charge in [0.15, 0.2) is 0 Å². The predicted octanol–water partition coefficient (Wildman–Crippen LogP) is 9.36. The molecule has 368 valence electrons. The molecular weight excluding hydrogens is 967 g/mol. The number of ether oxygens (including phenoxy) is 3. The van der Waals surface area contributed by atoms with Crippen molar-refractivity contribution in [2.24, 2.45) is 5.41 Å². The topological polar surface area (TPSA) is 186 Å². The Morgan fingerprint density at radius 3 is 1.22 bits per heavy atom. The molecule has 18 heteroatoms. The van der Waals surface area contributed by atoms with Crippen molar-refractivity contribution < 1.29 is 61.5 Å². The summed E-state index contributed by atoms with van der Waals surface area (Å²) in [7, 11) is -7.70. The summed E-state index contributed by atoms with van der Waals surface area (Å²) in [6, 6.07) is 24.4. The van der Waals surface area contributed by atoms with Gasteiger partial charge in [0.05, 0.1) is 44.5 Å². The average molecular weight is 1030 g/mol. The fourth-order valence-corrected chi connectivity index (χ4v) is 13.4. The number of aliphatic hydroxyl groups is 1. The zero-order valence-electron chi connectivity index (χ0n) is 39.5. The minimum Gasteiger partial charge on any atom is -0.465 e. The normalized spacial score (nSPS) is 13.9. The lowest BCUT2D eigenvalue weighted by Crippen LogP contribution is -2.42. The number of thioether (sulfide) groups is 2. The van der Waals surface area contributed by atoms with Crippen molar-refractivity contribution in [3.63, 3.8) is 0 Å². The van der Waals surface area contributed by atoms with E-state index in [0.717, 1.165) is 11.1 Å². The largest absolute Gasteiger partial charge is 0.465 e. The Morgan fingerprint density at radius 2 is 0.912 bits per heavy atom. The molecule has 0 heterocycles. The van der Waals surface area contributed by atoms with Crippen molar-refractivity contribution in [3.8, 4) is 0 Å². The number of rotatable bonds is 29. The number of aliphatic hydroxyl groups excluding tert-OH is 1. The number of esters is 3. The molecule has 68 heavy (non-hydrogen) atoms. The van der Waals surface area contributed by atoms with Crippen LogP contribution in [0.5, 0.6) is 0 Å². The van der Waals surface area contributed by atoms with Crippen molar-refractivity contribution in [3.05, 3.63) is 129 Å². The lowest BCUT2D eigenvalue weighted by atomic mass is 9.92. The molecule has 2 unspecified atom stereocenters. The number of benzene rings is 4. The van der Waals surface area contributed by atoms with Gasteiger partial charge < -0.3 is 28.4 Å². The number of carbonyl (C=O) groups excluding carboxylic acids is 5. The molecule has 0 saturated carbocycles. The van der Waals surface area contributed by atoms with E-state index in [9.17, 15) is 38.2 Å².